The van der Waals surface area contributed by atoms with Gasteiger partial charge in [0.05, 0.1) is 5.56 Å². The first-order chi connectivity index (χ1) is 9.40. The van der Waals surface area contributed by atoms with Crippen LogP contribution in [0, 0.1) is 26.6 Å². The van der Waals surface area contributed by atoms with Crippen molar-refractivity contribution in [1.29, 1.82) is 0 Å². The predicted octanol–water partition coefficient (Wildman–Crippen LogP) is 4.03. The third-order valence-corrected chi connectivity index (χ3v) is 3.37. The van der Waals surface area contributed by atoms with Crippen molar-refractivity contribution >= 4 is 11.6 Å². The fraction of sp³-hybridized carbons (Fsp3) is 0.235. The third kappa shape index (κ3) is 2.72. The van der Waals surface area contributed by atoms with E-state index in [0.717, 1.165) is 22.4 Å². The highest BCUT2D eigenvalue weighted by Crippen LogP contribution is 2.22. The van der Waals surface area contributed by atoms with E-state index in [9.17, 15) is 9.18 Å². The lowest BCUT2D eigenvalue weighted by atomic mass is 10.1. The molecule has 0 aromatic heterocycles. The predicted molar refractivity (Wildman–Crippen MR) is 79.8 cm³/mol. The van der Waals surface area contributed by atoms with Crippen LogP contribution >= 0.6 is 0 Å². The quantitative estimate of drug-likeness (QED) is 0.807. The minimum atomic E-state index is -0.489. The second-order valence-electron chi connectivity index (χ2n) is 5.14. The lowest BCUT2D eigenvalue weighted by molar-refractivity contribution is 0.0989. The minimum Gasteiger partial charge on any atom is -0.311 e. The van der Waals surface area contributed by atoms with E-state index in [0.29, 0.717) is 0 Å². The third-order valence-electron chi connectivity index (χ3n) is 3.37. The number of carbonyl (C=O) groups excluding carboxylic acids is 1. The molecule has 0 fully saturated rings. The van der Waals surface area contributed by atoms with Crippen molar-refractivity contribution in [3.63, 3.8) is 0 Å². The first-order valence-corrected chi connectivity index (χ1v) is 6.51. The van der Waals surface area contributed by atoms with Gasteiger partial charge in [0.2, 0.25) is 0 Å². The molecular weight excluding hydrogens is 253 g/mol. The van der Waals surface area contributed by atoms with Gasteiger partial charge >= 0.3 is 0 Å². The Labute approximate surface area is 118 Å². The Bertz CT molecular complexity index is 664. The molecule has 0 spiro atoms. The summed E-state index contributed by atoms with van der Waals surface area (Å²) in [6, 6.07) is 10.4. The molecular formula is C17H18FNO. The van der Waals surface area contributed by atoms with Gasteiger partial charge in [0.1, 0.15) is 5.82 Å². The van der Waals surface area contributed by atoms with Crippen LogP contribution in [-0.2, 0) is 0 Å². The molecule has 2 nitrogen and oxygen atoms in total. The summed E-state index contributed by atoms with van der Waals surface area (Å²) in [6.45, 7) is 5.78. The Morgan fingerprint density at radius 1 is 1.00 bits per heavy atom. The molecule has 2 rings (SSSR count). The highest BCUT2D eigenvalue weighted by atomic mass is 19.1. The van der Waals surface area contributed by atoms with Gasteiger partial charge in [-0.05, 0) is 44.5 Å². The van der Waals surface area contributed by atoms with E-state index in [4.69, 9.17) is 0 Å². The molecule has 0 bridgehead atoms. The zero-order valence-electron chi connectivity index (χ0n) is 12.2. The van der Waals surface area contributed by atoms with Gasteiger partial charge in [0, 0.05) is 12.7 Å². The minimum absolute atomic E-state index is 0.104. The van der Waals surface area contributed by atoms with Crippen LogP contribution in [0.4, 0.5) is 10.1 Å². The Morgan fingerprint density at radius 3 is 2.25 bits per heavy atom. The molecule has 0 saturated carbocycles. The lowest BCUT2D eigenvalue weighted by Gasteiger charge is -2.20. The molecule has 0 saturated heterocycles. The van der Waals surface area contributed by atoms with Gasteiger partial charge in [-0.15, -0.1) is 0 Å². The summed E-state index contributed by atoms with van der Waals surface area (Å²) < 4.78 is 13.8. The van der Waals surface area contributed by atoms with Gasteiger partial charge in [-0.25, -0.2) is 4.39 Å². The summed E-state index contributed by atoms with van der Waals surface area (Å²) in [5.74, 6) is -0.824. The van der Waals surface area contributed by atoms with Crippen LogP contribution in [-0.4, -0.2) is 13.0 Å². The van der Waals surface area contributed by atoms with E-state index in [1.807, 2.05) is 39.0 Å². The Balaban J connectivity index is 2.40. The number of rotatable bonds is 2. The Kier molecular flexibility index (Phi) is 3.89. The van der Waals surface area contributed by atoms with Crippen LogP contribution in [0.15, 0.2) is 36.4 Å². The zero-order valence-corrected chi connectivity index (χ0v) is 12.2. The van der Waals surface area contributed by atoms with Crippen LogP contribution in [0.25, 0.3) is 0 Å². The average molecular weight is 271 g/mol. The number of amides is 1. The zero-order chi connectivity index (χ0) is 14.9. The second kappa shape index (κ2) is 5.45. The summed E-state index contributed by atoms with van der Waals surface area (Å²) in [7, 11) is 1.67. The van der Waals surface area contributed by atoms with Gasteiger partial charge in [0.25, 0.3) is 5.91 Å². The molecule has 2 aromatic carbocycles. The topological polar surface area (TPSA) is 20.3 Å². The van der Waals surface area contributed by atoms with E-state index in [-0.39, 0.29) is 11.5 Å². The summed E-state index contributed by atoms with van der Waals surface area (Å²) >= 11 is 0. The molecule has 0 radical (unpaired) electrons. The highest BCUT2D eigenvalue weighted by molar-refractivity contribution is 6.06. The number of nitrogens with zero attached hydrogens (tertiary/aromatic N) is 1. The molecule has 3 heteroatoms. The molecule has 104 valence electrons. The average Bonchev–Trinajstić information content (AvgIpc) is 2.40. The fourth-order valence-corrected chi connectivity index (χ4v) is 2.27. The summed E-state index contributed by atoms with van der Waals surface area (Å²) in [4.78, 5) is 13.9. The first-order valence-electron chi connectivity index (χ1n) is 6.51. The number of anilines is 1. The number of halogens is 1. The summed E-state index contributed by atoms with van der Waals surface area (Å²) in [5.41, 5.74) is 3.89. The van der Waals surface area contributed by atoms with Crippen molar-refractivity contribution in [2.45, 2.75) is 20.8 Å². The number of benzene rings is 2. The van der Waals surface area contributed by atoms with Crippen LogP contribution in [0.3, 0.4) is 0 Å². The SMILES string of the molecule is Cc1ccc(N(C)C(=O)c2cc(C)ccc2F)c(C)c1. The number of hydrogen-bond donors (Lipinski definition) is 0. The van der Waals surface area contributed by atoms with Crippen molar-refractivity contribution in [3.8, 4) is 0 Å². The number of hydrogen-bond acceptors (Lipinski definition) is 1. The fourth-order valence-electron chi connectivity index (χ4n) is 2.27. The molecule has 0 heterocycles. The van der Waals surface area contributed by atoms with E-state index >= 15 is 0 Å². The molecule has 0 aliphatic heterocycles. The van der Waals surface area contributed by atoms with Gasteiger partial charge < -0.3 is 4.90 Å². The molecule has 0 atom stereocenters. The van der Waals surface area contributed by atoms with Crippen molar-refractivity contribution < 1.29 is 9.18 Å². The Morgan fingerprint density at radius 2 is 1.60 bits per heavy atom. The summed E-state index contributed by atoms with van der Waals surface area (Å²) in [6.07, 6.45) is 0. The first kappa shape index (κ1) is 14.3. The molecule has 0 aliphatic rings. The molecule has 0 aliphatic carbocycles. The van der Waals surface area contributed by atoms with Gasteiger partial charge in [-0.3, -0.25) is 4.79 Å². The van der Waals surface area contributed by atoms with Crippen molar-refractivity contribution in [2.75, 3.05) is 11.9 Å². The highest BCUT2D eigenvalue weighted by Gasteiger charge is 2.18. The van der Waals surface area contributed by atoms with Crippen molar-refractivity contribution in [3.05, 3.63) is 64.5 Å². The maximum absolute atomic E-state index is 13.8. The van der Waals surface area contributed by atoms with E-state index in [1.54, 1.807) is 19.2 Å². The Hall–Kier alpha value is -2.16. The van der Waals surface area contributed by atoms with Crippen molar-refractivity contribution in [1.82, 2.24) is 0 Å². The molecule has 1 amide bonds. The normalized spacial score (nSPS) is 10.4. The van der Waals surface area contributed by atoms with E-state index in [1.165, 1.54) is 11.0 Å². The van der Waals surface area contributed by atoms with E-state index < -0.39 is 5.82 Å². The molecule has 20 heavy (non-hydrogen) atoms. The van der Waals surface area contributed by atoms with Gasteiger partial charge in [-0.1, -0.05) is 29.3 Å². The second-order valence-corrected chi connectivity index (χ2v) is 5.14. The maximum Gasteiger partial charge on any atom is 0.260 e. The standard InChI is InChI=1S/C17H18FNO/c1-11-6-8-16(13(3)9-11)19(4)17(20)14-10-12(2)5-7-15(14)18/h5-10H,1-4H3. The molecule has 0 unspecified atom stereocenters. The van der Waals surface area contributed by atoms with Crippen LogP contribution < -0.4 is 4.90 Å². The smallest absolute Gasteiger partial charge is 0.260 e. The monoisotopic (exact) mass is 271 g/mol. The maximum atomic E-state index is 13.8. The van der Waals surface area contributed by atoms with Gasteiger partial charge in [0.15, 0.2) is 0 Å². The largest absolute Gasteiger partial charge is 0.311 e. The number of aryl methyl sites for hydroxylation is 3. The van der Waals surface area contributed by atoms with Crippen LogP contribution in [0.5, 0.6) is 0 Å². The summed E-state index contributed by atoms with van der Waals surface area (Å²) in [5, 5.41) is 0. The molecule has 0 N–H and O–H groups in total. The lowest BCUT2D eigenvalue weighted by Crippen LogP contribution is -2.27. The molecule has 2 aromatic rings. The van der Waals surface area contributed by atoms with E-state index in [2.05, 4.69) is 0 Å². The van der Waals surface area contributed by atoms with Crippen molar-refractivity contribution in [2.24, 2.45) is 0 Å². The number of carbonyl (C=O) groups is 1. The van der Waals surface area contributed by atoms with Crippen LogP contribution in [0.2, 0.25) is 0 Å². The van der Waals surface area contributed by atoms with Gasteiger partial charge in [-0.2, -0.15) is 0 Å². The van der Waals surface area contributed by atoms with Crippen LogP contribution in [0.1, 0.15) is 27.0 Å².